The Hall–Kier alpha value is -1.34. The minimum absolute atomic E-state index is 0.268. The van der Waals surface area contributed by atoms with E-state index in [1.807, 2.05) is 6.92 Å². The summed E-state index contributed by atoms with van der Waals surface area (Å²) in [7, 11) is -3.48. The van der Waals surface area contributed by atoms with Gasteiger partial charge in [0.2, 0.25) is 0 Å². The molecule has 0 heterocycles. The fourth-order valence-corrected chi connectivity index (χ4v) is 3.27. The van der Waals surface area contributed by atoms with Crippen LogP contribution in [0.25, 0.3) is 4.85 Å². The molecule has 3 nitrogen and oxygen atoms in total. The third-order valence-electron chi connectivity index (χ3n) is 3.08. The topological polar surface area (TPSA) is 38.5 Å². The summed E-state index contributed by atoms with van der Waals surface area (Å²) in [5.41, 5.74) is 1.02. The Morgan fingerprint density at radius 2 is 1.94 bits per heavy atom. The van der Waals surface area contributed by atoms with Gasteiger partial charge in [0.15, 0.2) is 0 Å². The molecule has 2 rings (SSSR count). The van der Waals surface area contributed by atoms with E-state index in [9.17, 15) is 8.42 Å². The Kier molecular flexibility index (Phi) is 3.21. The second-order valence-electron chi connectivity index (χ2n) is 4.62. The van der Waals surface area contributed by atoms with E-state index in [4.69, 9.17) is 6.57 Å². The number of nitrogens with zero attached hydrogens (tertiary/aromatic N) is 1. The predicted molar refractivity (Wildman–Crippen MR) is 66.1 cm³/mol. The van der Waals surface area contributed by atoms with E-state index in [1.165, 1.54) is 0 Å². The van der Waals surface area contributed by atoms with Crippen molar-refractivity contribution in [1.29, 1.82) is 0 Å². The number of aryl methyl sites for hydroxylation is 1. The third-order valence-corrected chi connectivity index (χ3v) is 5.03. The Morgan fingerprint density at radius 3 is 2.41 bits per heavy atom. The summed E-state index contributed by atoms with van der Waals surface area (Å²) in [5.74, 6) is 0.439. The van der Waals surface area contributed by atoms with Gasteiger partial charge in [0.25, 0.3) is 9.84 Å². The first-order chi connectivity index (χ1) is 8.04. The zero-order valence-electron chi connectivity index (χ0n) is 9.76. The molecule has 0 N–H and O–H groups in total. The second kappa shape index (κ2) is 4.50. The van der Waals surface area contributed by atoms with E-state index in [0.717, 1.165) is 18.4 Å². The fourth-order valence-electron chi connectivity index (χ4n) is 1.77. The van der Waals surface area contributed by atoms with Crippen molar-refractivity contribution in [3.05, 3.63) is 41.2 Å². The Bertz CT molecular complexity index is 536. The summed E-state index contributed by atoms with van der Waals surface area (Å²) in [6, 6.07) is 6.72. The van der Waals surface area contributed by atoms with Gasteiger partial charge in [-0.2, -0.15) is 0 Å². The Labute approximate surface area is 102 Å². The van der Waals surface area contributed by atoms with E-state index in [1.54, 1.807) is 24.3 Å². The quantitative estimate of drug-likeness (QED) is 0.770. The van der Waals surface area contributed by atoms with E-state index < -0.39 is 15.2 Å². The van der Waals surface area contributed by atoms with Crippen molar-refractivity contribution in [3.63, 3.8) is 0 Å². The van der Waals surface area contributed by atoms with E-state index in [0.29, 0.717) is 12.3 Å². The van der Waals surface area contributed by atoms with Gasteiger partial charge in [-0.25, -0.2) is 15.0 Å². The molecule has 1 aromatic carbocycles. The molecule has 1 aliphatic carbocycles. The monoisotopic (exact) mass is 249 g/mol. The summed E-state index contributed by atoms with van der Waals surface area (Å²) >= 11 is 0. The smallest absolute Gasteiger partial charge is 0.296 e. The molecule has 1 aromatic rings. The highest BCUT2D eigenvalue weighted by atomic mass is 32.2. The van der Waals surface area contributed by atoms with Crippen LogP contribution in [-0.2, 0) is 9.84 Å². The minimum Gasteiger partial charge on any atom is -0.296 e. The van der Waals surface area contributed by atoms with Crippen LogP contribution in [0.3, 0.4) is 0 Å². The van der Waals surface area contributed by atoms with Gasteiger partial charge in [0, 0.05) is 6.42 Å². The zero-order valence-corrected chi connectivity index (χ0v) is 10.6. The van der Waals surface area contributed by atoms with Crippen molar-refractivity contribution in [2.45, 2.75) is 36.5 Å². The van der Waals surface area contributed by atoms with Crippen LogP contribution in [0.2, 0.25) is 0 Å². The third kappa shape index (κ3) is 2.67. The lowest BCUT2D eigenvalue weighted by Gasteiger charge is -2.07. The predicted octanol–water partition coefficient (Wildman–Crippen LogP) is 2.81. The molecule has 0 spiro atoms. The first kappa shape index (κ1) is 12.1. The second-order valence-corrected chi connectivity index (χ2v) is 6.73. The fraction of sp³-hybridized carbons (Fsp3) is 0.462. The molecule has 1 saturated carbocycles. The van der Waals surface area contributed by atoms with Crippen LogP contribution < -0.4 is 0 Å². The van der Waals surface area contributed by atoms with Crippen LogP contribution in [0.4, 0.5) is 0 Å². The van der Waals surface area contributed by atoms with Gasteiger partial charge < -0.3 is 0 Å². The molecule has 1 atom stereocenters. The molecule has 0 amide bonds. The summed E-state index contributed by atoms with van der Waals surface area (Å²) in [6.45, 7) is 8.98. The molecule has 4 heteroatoms. The molecule has 0 aliphatic heterocycles. The molecule has 1 fully saturated rings. The summed E-state index contributed by atoms with van der Waals surface area (Å²) in [4.78, 5) is 3.57. The van der Waals surface area contributed by atoms with Gasteiger partial charge in [-0.1, -0.05) is 17.7 Å². The van der Waals surface area contributed by atoms with Gasteiger partial charge >= 0.3 is 5.37 Å². The standard InChI is InChI=1S/C13H15NO2S/c1-10-3-7-12(8-4-10)17(15,16)13(14-2)9-11-5-6-11/h3-4,7-8,11,13H,5-6,9H2,1H3. The SMILES string of the molecule is [C-]#[N+]C(CC1CC1)S(=O)(=O)c1ccc(C)cc1. The van der Waals surface area contributed by atoms with Crippen LogP contribution in [-0.4, -0.2) is 13.8 Å². The first-order valence-corrected chi connectivity index (χ1v) is 7.26. The van der Waals surface area contributed by atoms with Gasteiger partial charge in [-0.3, -0.25) is 4.85 Å². The van der Waals surface area contributed by atoms with Gasteiger partial charge in [0.05, 0.1) is 4.90 Å². The maximum atomic E-state index is 12.2. The molecule has 90 valence electrons. The molecule has 0 radical (unpaired) electrons. The van der Waals surface area contributed by atoms with Crippen LogP contribution in [0.5, 0.6) is 0 Å². The minimum atomic E-state index is -3.48. The highest BCUT2D eigenvalue weighted by Crippen LogP contribution is 2.36. The molecule has 0 aromatic heterocycles. The lowest BCUT2D eigenvalue weighted by atomic mass is 10.2. The number of rotatable bonds is 4. The number of hydrogen-bond donors (Lipinski definition) is 0. The lowest BCUT2D eigenvalue weighted by Crippen LogP contribution is -2.18. The summed E-state index contributed by atoms with van der Waals surface area (Å²) in [6.07, 6.45) is 2.62. The maximum Gasteiger partial charge on any atom is 0.325 e. The molecule has 17 heavy (non-hydrogen) atoms. The normalized spacial score (nSPS) is 17.4. The molecule has 1 unspecified atom stereocenters. The largest absolute Gasteiger partial charge is 0.325 e. The molecule has 0 saturated heterocycles. The number of sulfone groups is 1. The van der Waals surface area contributed by atoms with Crippen molar-refractivity contribution < 1.29 is 8.42 Å². The first-order valence-electron chi connectivity index (χ1n) is 5.71. The van der Waals surface area contributed by atoms with E-state index in [2.05, 4.69) is 4.85 Å². The van der Waals surface area contributed by atoms with E-state index >= 15 is 0 Å². The van der Waals surface area contributed by atoms with Gasteiger partial charge in [-0.15, -0.1) is 0 Å². The number of benzene rings is 1. The van der Waals surface area contributed by atoms with E-state index in [-0.39, 0.29) is 4.90 Å². The average Bonchev–Trinajstić information content (AvgIpc) is 3.10. The van der Waals surface area contributed by atoms with Crippen LogP contribution in [0, 0.1) is 19.4 Å². The molecule has 0 bridgehead atoms. The Balaban J connectivity index is 2.27. The Morgan fingerprint density at radius 1 is 1.35 bits per heavy atom. The van der Waals surface area contributed by atoms with Crippen LogP contribution >= 0.6 is 0 Å². The van der Waals surface area contributed by atoms with Crippen molar-refractivity contribution in [1.82, 2.24) is 0 Å². The zero-order chi connectivity index (χ0) is 12.5. The van der Waals surface area contributed by atoms with Crippen LogP contribution in [0.15, 0.2) is 29.2 Å². The lowest BCUT2D eigenvalue weighted by molar-refractivity contribution is 0.577. The van der Waals surface area contributed by atoms with Gasteiger partial charge in [-0.05, 0) is 37.8 Å². The van der Waals surface area contributed by atoms with Crippen LogP contribution in [0.1, 0.15) is 24.8 Å². The maximum absolute atomic E-state index is 12.2. The van der Waals surface area contributed by atoms with Gasteiger partial charge in [0.1, 0.15) is 0 Å². The molecular formula is C13H15NO2S. The van der Waals surface area contributed by atoms with Crippen molar-refractivity contribution in [3.8, 4) is 0 Å². The molecular weight excluding hydrogens is 234 g/mol. The highest BCUT2D eigenvalue weighted by molar-refractivity contribution is 7.92. The highest BCUT2D eigenvalue weighted by Gasteiger charge is 2.38. The average molecular weight is 249 g/mol. The molecule has 1 aliphatic rings. The van der Waals surface area contributed by atoms with Crippen molar-refractivity contribution >= 4 is 9.84 Å². The van der Waals surface area contributed by atoms with Crippen molar-refractivity contribution in [2.24, 2.45) is 5.92 Å². The summed E-state index contributed by atoms with van der Waals surface area (Å²) in [5, 5.41) is -0.905. The summed E-state index contributed by atoms with van der Waals surface area (Å²) < 4.78 is 24.4. The van der Waals surface area contributed by atoms with Crippen molar-refractivity contribution in [2.75, 3.05) is 0 Å². The number of hydrogen-bond acceptors (Lipinski definition) is 2.